The zero-order chi connectivity index (χ0) is 15.0. The summed E-state index contributed by atoms with van der Waals surface area (Å²) in [6, 6.07) is 7.53. The van der Waals surface area contributed by atoms with Crippen molar-refractivity contribution in [1.82, 2.24) is 10.2 Å². The molecule has 0 saturated heterocycles. The van der Waals surface area contributed by atoms with E-state index in [1.807, 2.05) is 32.0 Å². The fraction of sp³-hybridized carbons (Fsp3) is 0.312. The number of anilines is 2. The lowest BCUT2D eigenvalue weighted by Crippen LogP contribution is -2.36. The molecule has 2 N–H and O–H groups in total. The van der Waals surface area contributed by atoms with Gasteiger partial charge in [0.2, 0.25) is 0 Å². The van der Waals surface area contributed by atoms with Gasteiger partial charge < -0.3 is 10.6 Å². The average Bonchev–Trinajstić information content (AvgIpc) is 2.49. The van der Waals surface area contributed by atoms with Gasteiger partial charge in [0.15, 0.2) is 0 Å². The van der Waals surface area contributed by atoms with Crippen molar-refractivity contribution in [1.29, 1.82) is 0 Å². The molecule has 108 valence electrons. The predicted octanol–water partition coefficient (Wildman–Crippen LogP) is 2.27. The molecule has 5 heteroatoms. The number of fused-ring (bicyclic) bond motifs is 1. The Morgan fingerprint density at radius 1 is 1.29 bits per heavy atom. The lowest BCUT2D eigenvalue weighted by molar-refractivity contribution is 0.0984. The van der Waals surface area contributed by atoms with Crippen LogP contribution in [0.1, 0.15) is 33.7 Å². The van der Waals surface area contributed by atoms with Crippen LogP contribution in [-0.2, 0) is 6.42 Å². The summed E-state index contributed by atoms with van der Waals surface area (Å²) in [4.78, 5) is 14.7. The minimum absolute atomic E-state index is 0.0305. The van der Waals surface area contributed by atoms with Crippen LogP contribution in [0.3, 0.4) is 0 Å². The molecule has 0 fully saturated rings. The van der Waals surface area contributed by atoms with Crippen LogP contribution in [0.15, 0.2) is 24.3 Å². The van der Waals surface area contributed by atoms with E-state index in [9.17, 15) is 4.79 Å². The van der Waals surface area contributed by atoms with E-state index in [-0.39, 0.29) is 5.91 Å². The van der Waals surface area contributed by atoms with Gasteiger partial charge in [0.1, 0.15) is 0 Å². The third-order valence-corrected chi connectivity index (χ3v) is 3.86. The fourth-order valence-corrected chi connectivity index (χ4v) is 2.77. The van der Waals surface area contributed by atoms with E-state index in [0.29, 0.717) is 17.8 Å². The molecule has 2 aromatic rings. The number of carbonyl (C=O) groups excluding carboxylic acids is 1. The minimum atomic E-state index is -0.0305. The zero-order valence-corrected chi connectivity index (χ0v) is 12.3. The molecule has 3 rings (SSSR count). The number of nitrogens with zero attached hydrogens (tertiary/aromatic N) is 3. The van der Waals surface area contributed by atoms with Crippen molar-refractivity contribution in [3.05, 3.63) is 46.8 Å². The Balaban J connectivity index is 2.04. The fourth-order valence-electron chi connectivity index (χ4n) is 2.77. The summed E-state index contributed by atoms with van der Waals surface area (Å²) in [5.74, 6) is -0.0305. The number of aryl methyl sites for hydroxylation is 2. The number of carbonyl (C=O) groups is 1. The van der Waals surface area contributed by atoms with Gasteiger partial charge in [-0.15, -0.1) is 0 Å². The number of amides is 1. The molecule has 0 spiro atoms. The van der Waals surface area contributed by atoms with Crippen molar-refractivity contribution >= 4 is 17.3 Å². The van der Waals surface area contributed by atoms with Crippen molar-refractivity contribution < 1.29 is 4.79 Å². The van der Waals surface area contributed by atoms with Crippen LogP contribution in [-0.4, -0.2) is 22.6 Å². The number of hydrogen-bond donors (Lipinski definition) is 1. The summed E-state index contributed by atoms with van der Waals surface area (Å²) in [6.07, 6.45) is 1.84. The molecule has 2 heterocycles. The Hall–Kier alpha value is -2.43. The Morgan fingerprint density at radius 3 is 2.90 bits per heavy atom. The van der Waals surface area contributed by atoms with Crippen LogP contribution in [0.4, 0.5) is 11.4 Å². The quantitative estimate of drug-likeness (QED) is 0.814. The van der Waals surface area contributed by atoms with Crippen LogP contribution in [0.2, 0.25) is 0 Å². The molecule has 0 bridgehead atoms. The molecule has 21 heavy (non-hydrogen) atoms. The van der Waals surface area contributed by atoms with E-state index >= 15 is 0 Å². The van der Waals surface area contributed by atoms with E-state index in [1.54, 1.807) is 11.0 Å². The number of nitrogens with two attached hydrogens (primary N) is 1. The van der Waals surface area contributed by atoms with Gasteiger partial charge in [-0.1, -0.05) is 6.07 Å². The maximum atomic E-state index is 12.9. The van der Waals surface area contributed by atoms with E-state index in [2.05, 4.69) is 10.2 Å². The summed E-state index contributed by atoms with van der Waals surface area (Å²) in [5.41, 5.74) is 10.8. The Bertz CT molecular complexity index is 711. The highest BCUT2D eigenvalue weighted by molar-refractivity contribution is 6.07. The SMILES string of the molecule is Cc1cc(C(=O)N2CCCc3c(N)cccc32)c(C)nn1. The van der Waals surface area contributed by atoms with Gasteiger partial charge >= 0.3 is 0 Å². The van der Waals surface area contributed by atoms with Crippen LogP contribution in [0, 0.1) is 13.8 Å². The van der Waals surface area contributed by atoms with Gasteiger partial charge in [0.05, 0.1) is 17.0 Å². The highest BCUT2D eigenvalue weighted by atomic mass is 16.2. The number of aromatic nitrogens is 2. The highest BCUT2D eigenvalue weighted by Gasteiger charge is 2.26. The molecule has 0 radical (unpaired) electrons. The molecule has 0 saturated carbocycles. The standard InChI is InChI=1S/C16H18N4O/c1-10-9-13(11(2)19-18-10)16(21)20-8-4-5-12-14(17)6-3-7-15(12)20/h3,6-7,9H,4-5,8,17H2,1-2H3. The lowest BCUT2D eigenvalue weighted by Gasteiger charge is -2.30. The van der Waals surface area contributed by atoms with Crippen molar-refractivity contribution in [2.75, 3.05) is 17.2 Å². The summed E-state index contributed by atoms with van der Waals surface area (Å²) >= 11 is 0. The van der Waals surface area contributed by atoms with Crippen molar-refractivity contribution in [3.63, 3.8) is 0 Å². The lowest BCUT2D eigenvalue weighted by atomic mass is 9.99. The first kappa shape index (κ1) is 13.5. The van der Waals surface area contributed by atoms with Crippen molar-refractivity contribution in [2.45, 2.75) is 26.7 Å². The molecule has 5 nitrogen and oxygen atoms in total. The van der Waals surface area contributed by atoms with Gasteiger partial charge in [0.25, 0.3) is 5.91 Å². The Morgan fingerprint density at radius 2 is 2.10 bits per heavy atom. The van der Waals surface area contributed by atoms with Crippen molar-refractivity contribution in [3.8, 4) is 0 Å². The van der Waals surface area contributed by atoms with Crippen LogP contribution in [0.25, 0.3) is 0 Å². The van der Waals surface area contributed by atoms with E-state index in [1.165, 1.54) is 0 Å². The second-order valence-electron chi connectivity index (χ2n) is 5.39. The monoisotopic (exact) mass is 282 g/mol. The number of benzene rings is 1. The highest BCUT2D eigenvalue weighted by Crippen LogP contribution is 2.32. The molecule has 1 aliphatic rings. The minimum Gasteiger partial charge on any atom is -0.398 e. The normalized spacial score (nSPS) is 13.9. The molecule has 0 aliphatic carbocycles. The summed E-state index contributed by atoms with van der Waals surface area (Å²) in [7, 11) is 0. The van der Waals surface area contributed by atoms with Gasteiger partial charge in [0, 0.05) is 17.9 Å². The molecule has 1 aliphatic heterocycles. The van der Waals surface area contributed by atoms with Gasteiger partial charge in [-0.05, 0) is 50.5 Å². The first-order valence-electron chi connectivity index (χ1n) is 7.08. The molecule has 1 aromatic heterocycles. The molecule has 0 atom stereocenters. The second kappa shape index (κ2) is 5.16. The maximum Gasteiger partial charge on any atom is 0.260 e. The maximum absolute atomic E-state index is 12.9. The van der Waals surface area contributed by atoms with Gasteiger partial charge in [-0.2, -0.15) is 10.2 Å². The molecule has 0 unspecified atom stereocenters. The largest absolute Gasteiger partial charge is 0.398 e. The van der Waals surface area contributed by atoms with Crippen LogP contribution in [0.5, 0.6) is 0 Å². The third kappa shape index (κ3) is 2.35. The Labute approximate surface area is 123 Å². The van der Waals surface area contributed by atoms with Gasteiger partial charge in [-0.25, -0.2) is 0 Å². The first-order valence-corrected chi connectivity index (χ1v) is 7.08. The van der Waals surface area contributed by atoms with E-state index < -0.39 is 0 Å². The van der Waals surface area contributed by atoms with E-state index in [0.717, 1.165) is 35.5 Å². The predicted molar refractivity (Wildman–Crippen MR) is 82.4 cm³/mol. The molecular weight excluding hydrogens is 264 g/mol. The van der Waals surface area contributed by atoms with Crippen LogP contribution >= 0.6 is 0 Å². The topological polar surface area (TPSA) is 72.1 Å². The van der Waals surface area contributed by atoms with Crippen molar-refractivity contribution in [2.24, 2.45) is 0 Å². The second-order valence-corrected chi connectivity index (χ2v) is 5.39. The summed E-state index contributed by atoms with van der Waals surface area (Å²) in [6.45, 7) is 4.35. The number of nitrogen functional groups attached to an aromatic ring is 1. The summed E-state index contributed by atoms with van der Waals surface area (Å²) < 4.78 is 0. The Kier molecular flexibility index (Phi) is 3.33. The van der Waals surface area contributed by atoms with Gasteiger partial charge in [-0.3, -0.25) is 4.79 Å². The smallest absolute Gasteiger partial charge is 0.260 e. The summed E-state index contributed by atoms with van der Waals surface area (Å²) in [5, 5.41) is 8.03. The van der Waals surface area contributed by atoms with Crippen LogP contribution < -0.4 is 10.6 Å². The molecular formula is C16H18N4O. The zero-order valence-electron chi connectivity index (χ0n) is 12.3. The number of hydrogen-bond acceptors (Lipinski definition) is 4. The van der Waals surface area contributed by atoms with E-state index in [4.69, 9.17) is 5.73 Å². The average molecular weight is 282 g/mol. The molecule has 1 aromatic carbocycles. The number of rotatable bonds is 1. The molecule has 1 amide bonds. The first-order chi connectivity index (χ1) is 10.1. The third-order valence-electron chi connectivity index (χ3n) is 3.86.